The predicted octanol–water partition coefficient (Wildman–Crippen LogP) is 10.9. The Labute approximate surface area is 215 Å². The molecule has 1 nitrogen and oxygen atoms in total. The smallest absolute Gasteiger partial charge is 0.0575 e. The number of hydrogen-bond acceptors (Lipinski definition) is 1. The van der Waals surface area contributed by atoms with Gasteiger partial charge in [-0.05, 0) is 81.0 Å². The van der Waals surface area contributed by atoms with E-state index in [9.17, 15) is 0 Å². The summed E-state index contributed by atoms with van der Waals surface area (Å²) in [5.74, 6) is 5.20. The van der Waals surface area contributed by atoms with E-state index in [1.165, 1.54) is 154 Å². The Morgan fingerprint density at radius 1 is 0.441 bits per heavy atom. The third-order valence-electron chi connectivity index (χ3n) is 10.3. The minimum Gasteiger partial charge on any atom is -0.378 e. The van der Waals surface area contributed by atoms with Crippen LogP contribution in [0.4, 0.5) is 0 Å². The molecule has 0 bridgehead atoms. The Balaban J connectivity index is 1.16. The Hall–Kier alpha value is -0.0400. The fraction of sp³-hybridized carbons (Fsp3) is 1.00. The maximum atomic E-state index is 6.39. The molecule has 3 saturated carbocycles. The van der Waals surface area contributed by atoms with Crippen LogP contribution in [0.1, 0.15) is 168 Å². The van der Waals surface area contributed by atoms with Crippen LogP contribution >= 0.6 is 0 Å². The van der Waals surface area contributed by atoms with Gasteiger partial charge in [-0.3, -0.25) is 0 Å². The molecule has 0 aliphatic heterocycles. The van der Waals surface area contributed by atoms with Crippen molar-refractivity contribution in [2.75, 3.05) is 6.61 Å². The van der Waals surface area contributed by atoms with Crippen LogP contribution in [0.3, 0.4) is 0 Å². The van der Waals surface area contributed by atoms with Crippen molar-refractivity contribution in [3.63, 3.8) is 0 Å². The highest BCUT2D eigenvalue weighted by atomic mass is 16.5. The molecule has 1 heteroatoms. The monoisotopic (exact) mass is 474 g/mol. The molecular weight excluding hydrogens is 412 g/mol. The zero-order valence-corrected chi connectivity index (χ0v) is 23.6. The average Bonchev–Trinajstić information content (AvgIpc) is 2.88. The molecule has 0 amide bonds. The second-order valence-electron chi connectivity index (χ2n) is 12.9. The Morgan fingerprint density at radius 3 is 1.41 bits per heavy atom. The van der Waals surface area contributed by atoms with E-state index < -0.39 is 0 Å². The molecule has 200 valence electrons. The van der Waals surface area contributed by atoms with Gasteiger partial charge in [0.15, 0.2) is 0 Å². The SMILES string of the molecule is CCCCCCC[C@H]1CC[C@H]([C@H]2CC[C@H](OCCC[C@H]3CC[C@H](CCCCC)CC3)CC2)CC1. The zero-order valence-electron chi connectivity index (χ0n) is 23.6. The molecule has 0 radical (unpaired) electrons. The largest absolute Gasteiger partial charge is 0.378 e. The van der Waals surface area contributed by atoms with Crippen molar-refractivity contribution in [1.29, 1.82) is 0 Å². The van der Waals surface area contributed by atoms with Crippen LogP contribution in [0.15, 0.2) is 0 Å². The van der Waals surface area contributed by atoms with Gasteiger partial charge in [-0.25, -0.2) is 0 Å². The standard InChI is InChI=1S/C33H62O/c1-3-5-7-8-10-13-29-19-21-31(22-20-29)32-23-25-33(26-24-32)34-27-11-14-30-17-15-28(16-18-30)12-9-6-4-2/h28-33H,3-27H2,1-2H3/t28-,29-,30-,31-,32-,33-. The van der Waals surface area contributed by atoms with Gasteiger partial charge in [0.05, 0.1) is 6.10 Å². The van der Waals surface area contributed by atoms with Crippen molar-refractivity contribution < 1.29 is 4.74 Å². The maximum Gasteiger partial charge on any atom is 0.0575 e. The van der Waals surface area contributed by atoms with E-state index in [1.807, 2.05) is 0 Å². The molecule has 0 aromatic heterocycles. The number of ether oxygens (including phenoxy) is 1. The van der Waals surface area contributed by atoms with Gasteiger partial charge in [0.1, 0.15) is 0 Å². The van der Waals surface area contributed by atoms with E-state index in [2.05, 4.69) is 13.8 Å². The molecule has 34 heavy (non-hydrogen) atoms. The van der Waals surface area contributed by atoms with Crippen molar-refractivity contribution in [3.05, 3.63) is 0 Å². The Morgan fingerprint density at radius 2 is 0.853 bits per heavy atom. The lowest BCUT2D eigenvalue weighted by Gasteiger charge is -2.38. The van der Waals surface area contributed by atoms with Crippen LogP contribution in [0.2, 0.25) is 0 Å². The molecule has 0 spiro atoms. The lowest BCUT2D eigenvalue weighted by Crippen LogP contribution is -2.29. The summed E-state index contributed by atoms with van der Waals surface area (Å²) in [4.78, 5) is 0. The normalized spacial score (nSPS) is 32.6. The van der Waals surface area contributed by atoms with E-state index in [4.69, 9.17) is 4.74 Å². The van der Waals surface area contributed by atoms with Gasteiger partial charge < -0.3 is 4.74 Å². The fourth-order valence-corrected chi connectivity index (χ4v) is 7.83. The van der Waals surface area contributed by atoms with E-state index in [0.717, 1.165) is 36.2 Å². The highest BCUT2D eigenvalue weighted by molar-refractivity contribution is 4.82. The first-order valence-corrected chi connectivity index (χ1v) is 16.4. The number of unbranched alkanes of at least 4 members (excludes halogenated alkanes) is 6. The summed E-state index contributed by atoms with van der Waals surface area (Å²) in [6.07, 6.45) is 35.7. The topological polar surface area (TPSA) is 9.23 Å². The second-order valence-corrected chi connectivity index (χ2v) is 12.9. The van der Waals surface area contributed by atoms with E-state index >= 15 is 0 Å². The average molecular weight is 475 g/mol. The summed E-state index contributed by atoms with van der Waals surface area (Å²) >= 11 is 0. The van der Waals surface area contributed by atoms with Crippen molar-refractivity contribution in [2.24, 2.45) is 29.6 Å². The van der Waals surface area contributed by atoms with Gasteiger partial charge in [0.25, 0.3) is 0 Å². The molecule has 3 aliphatic rings. The van der Waals surface area contributed by atoms with Gasteiger partial charge in [-0.15, -0.1) is 0 Å². The minimum absolute atomic E-state index is 0.588. The lowest BCUT2D eigenvalue weighted by atomic mass is 9.70. The van der Waals surface area contributed by atoms with Gasteiger partial charge >= 0.3 is 0 Å². The molecule has 0 atom stereocenters. The summed E-state index contributed by atoms with van der Waals surface area (Å²) in [7, 11) is 0. The predicted molar refractivity (Wildman–Crippen MR) is 149 cm³/mol. The third kappa shape index (κ3) is 10.9. The molecular formula is C33H62O. The summed E-state index contributed by atoms with van der Waals surface area (Å²) in [6, 6.07) is 0. The Bertz CT molecular complexity index is 463. The van der Waals surface area contributed by atoms with Crippen LogP contribution in [0.25, 0.3) is 0 Å². The first kappa shape index (κ1) is 28.5. The second kappa shape index (κ2) is 17.4. The highest BCUT2D eigenvalue weighted by Crippen LogP contribution is 2.42. The lowest BCUT2D eigenvalue weighted by molar-refractivity contribution is 0.00367. The molecule has 0 N–H and O–H groups in total. The van der Waals surface area contributed by atoms with Crippen molar-refractivity contribution in [1.82, 2.24) is 0 Å². The van der Waals surface area contributed by atoms with E-state index in [-0.39, 0.29) is 0 Å². The minimum atomic E-state index is 0.588. The fourth-order valence-electron chi connectivity index (χ4n) is 7.83. The van der Waals surface area contributed by atoms with Crippen molar-refractivity contribution >= 4 is 0 Å². The molecule has 0 saturated heterocycles. The van der Waals surface area contributed by atoms with E-state index in [1.54, 1.807) is 0 Å². The van der Waals surface area contributed by atoms with Gasteiger partial charge in [0.2, 0.25) is 0 Å². The highest BCUT2D eigenvalue weighted by Gasteiger charge is 2.31. The molecule has 3 rings (SSSR count). The van der Waals surface area contributed by atoms with Gasteiger partial charge in [-0.2, -0.15) is 0 Å². The summed E-state index contributed by atoms with van der Waals surface area (Å²) < 4.78 is 6.39. The number of rotatable bonds is 16. The molecule has 3 fully saturated rings. The first-order chi connectivity index (χ1) is 16.8. The maximum absolute atomic E-state index is 6.39. The van der Waals surface area contributed by atoms with Gasteiger partial charge in [-0.1, -0.05) is 117 Å². The third-order valence-corrected chi connectivity index (χ3v) is 10.3. The molecule has 3 aliphatic carbocycles. The van der Waals surface area contributed by atoms with Crippen molar-refractivity contribution in [3.8, 4) is 0 Å². The molecule has 0 unspecified atom stereocenters. The summed E-state index contributed by atoms with van der Waals surface area (Å²) in [5.41, 5.74) is 0. The first-order valence-electron chi connectivity index (χ1n) is 16.4. The van der Waals surface area contributed by atoms with Crippen molar-refractivity contribution in [2.45, 2.75) is 174 Å². The Kier molecular flexibility index (Phi) is 14.6. The van der Waals surface area contributed by atoms with Crippen LogP contribution in [0.5, 0.6) is 0 Å². The number of hydrogen-bond donors (Lipinski definition) is 0. The van der Waals surface area contributed by atoms with Crippen LogP contribution in [0, 0.1) is 29.6 Å². The summed E-state index contributed by atoms with van der Waals surface area (Å²) in [5, 5.41) is 0. The molecule has 0 heterocycles. The van der Waals surface area contributed by atoms with Crippen LogP contribution in [-0.2, 0) is 4.74 Å². The quantitative estimate of drug-likeness (QED) is 0.202. The van der Waals surface area contributed by atoms with E-state index in [0.29, 0.717) is 6.10 Å². The van der Waals surface area contributed by atoms with Crippen LogP contribution < -0.4 is 0 Å². The summed E-state index contributed by atoms with van der Waals surface area (Å²) in [6.45, 7) is 5.69. The molecule has 0 aromatic rings. The van der Waals surface area contributed by atoms with Crippen LogP contribution in [-0.4, -0.2) is 12.7 Å². The molecule has 0 aromatic carbocycles. The van der Waals surface area contributed by atoms with Gasteiger partial charge in [0, 0.05) is 6.61 Å². The zero-order chi connectivity index (χ0) is 23.8.